The number of aliphatic carboxylic acids is 1. The number of halogens is 3. The highest BCUT2D eigenvalue weighted by atomic mass is 32.1. The van der Waals surface area contributed by atoms with Gasteiger partial charge in [0.05, 0.1) is 6.42 Å². The van der Waals surface area contributed by atoms with Crippen LogP contribution in [0.3, 0.4) is 0 Å². The second-order valence-corrected chi connectivity index (χ2v) is 5.69. The highest BCUT2D eigenvalue weighted by Crippen LogP contribution is 2.34. The van der Waals surface area contributed by atoms with Gasteiger partial charge >= 0.3 is 18.2 Å². The lowest BCUT2D eigenvalue weighted by atomic mass is 10.3. The highest BCUT2D eigenvalue weighted by Gasteiger charge is 2.36. The zero-order valence-corrected chi connectivity index (χ0v) is 12.7. The van der Waals surface area contributed by atoms with Gasteiger partial charge in [-0.1, -0.05) is 11.3 Å². The lowest BCUT2D eigenvalue weighted by Crippen LogP contribution is -2.52. The smallest absolute Gasteiger partial charge is 0.445 e. The van der Waals surface area contributed by atoms with E-state index in [2.05, 4.69) is 15.5 Å². The summed E-state index contributed by atoms with van der Waals surface area (Å²) < 4.78 is 37.5. The van der Waals surface area contributed by atoms with Crippen molar-refractivity contribution in [2.24, 2.45) is 0 Å². The molecule has 12 heteroatoms. The van der Waals surface area contributed by atoms with Crippen LogP contribution < -0.4 is 10.2 Å². The first-order valence-electron chi connectivity index (χ1n) is 6.67. The molecule has 0 saturated carbocycles. The molecule has 2 rings (SSSR count). The minimum atomic E-state index is -4.51. The SMILES string of the molecule is O=C(O)CCNC(=O)N1CCN(c2nnc(C(F)(F)F)s2)CC1. The van der Waals surface area contributed by atoms with Crippen LogP contribution >= 0.6 is 11.3 Å². The van der Waals surface area contributed by atoms with Crippen LogP contribution in [0.15, 0.2) is 0 Å². The predicted molar refractivity (Wildman–Crippen MR) is 74.3 cm³/mol. The van der Waals surface area contributed by atoms with E-state index in [1.807, 2.05) is 0 Å². The minimum absolute atomic E-state index is 0.0275. The summed E-state index contributed by atoms with van der Waals surface area (Å²) in [5.74, 6) is -1.01. The number of carboxylic acids is 1. The van der Waals surface area contributed by atoms with E-state index in [4.69, 9.17) is 5.11 Å². The molecule has 0 radical (unpaired) electrons. The number of nitrogens with zero attached hydrogens (tertiary/aromatic N) is 4. The Labute approximate surface area is 132 Å². The molecule has 0 unspecified atom stereocenters. The van der Waals surface area contributed by atoms with E-state index in [9.17, 15) is 22.8 Å². The maximum absolute atomic E-state index is 12.5. The Hall–Kier alpha value is -2.11. The van der Waals surface area contributed by atoms with Crippen molar-refractivity contribution in [1.82, 2.24) is 20.4 Å². The summed E-state index contributed by atoms with van der Waals surface area (Å²) >= 11 is 0.467. The van der Waals surface area contributed by atoms with Gasteiger partial charge in [0.15, 0.2) is 0 Å². The summed E-state index contributed by atoms with van der Waals surface area (Å²) in [5.41, 5.74) is 0. The van der Waals surface area contributed by atoms with Crippen molar-refractivity contribution in [2.45, 2.75) is 12.6 Å². The largest absolute Gasteiger partial charge is 0.481 e. The number of aromatic nitrogens is 2. The second kappa shape index (κ2) is 6.98. The van der Waals surface area contributed by atoms with E-state index >= 15 is 0 Å². The van der Waals surface area contributed by atoms with E-state index in [1.165, 1.54) is 4.90 Å². The average molecular weight is 353 g/mol. The van der Waals surface area contributed by atoms with Crippen LogP contribution in [0.2, 0.25) is 0 Å². The third-order valence-electron chi connectivity index (χ3n) is 3.11. The van der Waals surface area contributed by atoms with Crippen molar-refractivity contribution >= 4 is 28.5 Å². The minimum Gasteiger partial charge on any atom is -0.481 e. The quantitative estimate of drug-likeness (QED) is 0.833. The topological polar surface area (TPSA) is 98.7 Å². The molecule has 0 aromatic carbocycles. The first-order valence-corrected chi connectivity index (χ1v) is 7.49. The van der Waals surface area contributed by atoms with Gasteiger partial charge in [0.2, 0.25) is 10.1 Å². The first kappa shape index (κ1) is 17.2. The Kier molecular flexibility index (Phi) is 5.23. The van der Waals surface area contributed by atoms with Crippen molar-refractivity contribution in [3.63, 3.8) is 0 Å². The number of piperazine rings is 1. The predicted octanol–water partition coefficient (Wildman–Crippen LogP) is 0.863. The number of anilines is 1. The Balaban J connectivity index is 1.83. The molecule has 2 heterocycles. The molecular weight excluding hydrogens is 339 g/mol. The molecule has 1 aromatic heterocycles. The number of hydrogen-bond acceptors (Lipinski definition) is 6. The van der Waals surface area contributed by atoms with Crippen LogP contribution in [-0.2, 0) is 11.0 Å². The summed E-state index contributed by atoms with van der Waals surface area (Å²) in [7, 11) is 0. The van der Waals surface area contributed by atoms with E-state index in [-0.39, 0.29) is 24.1 Å². The van der Waals surface area contributed by atoms with Crippen LogP contribution in [0.4, 0.5) is 23.1 Å². The number of carboxylic acid groups (broad SMARTS) is 1. The maximum Gasteiger partial charge on any atom is 0.445 e. The molecule has 128 valence electrons. The normalized spacial score (nSPS) is 15.6. The van der Waals surface area contributed by atoms with Gasteiger partial charge in [-0.3, -0.25) is 4.79 Å². The van der Waals surface area contributed by atoms with Gasteiger partial charge in [-0.25, -0.2) is 4.79 Å². The van der Waals surface area contributed by atoms with E-state index in [0.717, 1.165) is 0 Å². The molecule has 23 heavy (non-hydrogen) atoms. The van der Waals surface area contributed by atoms with E-state index < -0.39 is 17.2 Å². The fourth-order valence-corrected chi connectivity index (χ4v) is 2.71. The third kappa shape index (κ3) is 4.68. The van der Waals surface area contributed by atoms with Crippen molar-refractivity contribution in [3.05, 3.63) is 5.01 Å². The Morgan fingerprint density at radius 3 is 2.39 bits per heavy atom. The summed E-state index contributed by atoms with van der Waals surface area (Å²) in [6.45, 7) is 1.30. The number of amides is 2. The molecular formula is C11H14F3N5O3S. The monoisotopic (exact) mass is 353 g/mol. The Bertz CT molecular complexity index is 571. The van der Waals surface area contributed by atoms with Crippen LogP contribution in [0.25, 0.3) is 0 Å². The summed E-state index contributed by atoms with van der Waals surface area (Å²) in [6.07, 6.45) is -4.68. The lowest BCUT2D eigenvalue weighted by Gasteiger charge is -2.34. The Morgan fingerprint density at radius 2 is 1.87 bits per heavy atom. The molecule has 1 saturated heterocycles. The van der Waals surface area contributed by atoms with Gasteiger partial charge in [-0.15, -0.1) is 10.2 Å². The fourth-order valence-electron chi connectivity index (χ4n) is 1.95. The van der Waals surface area contributed by atoms with Crippen LogP contribution in [0.1, 0.15) is 11.4 Å². The second-order valence-electron chi connectivity index (χ2n) is 4.74. The average Bonchev–Trinajstić information content (AvgIpc) is 2.97. The van der Waals surface area contributed by atoms with Crippen molar-refractivity contribution in [1.29, 1.82) is 0 Å². The number of carbonyl (C=O) groups excluding carboxylic acids is 1. The number of alkyl halides is 3. The van der Waals surface area contributed by atoms with Gasteiger partial charge < -0.3 is 20.2 Å². The van der Waals surface area contributed by atoms with Crippen LogP contribution in [0, 0.1) is 0 Å². The van der Waals surface area contributed by atoms with Crippen molar-refractivity contribution in [2.75, 3.05) is 37.6 Å². The van der Waals surface area contributed by atoms with Crippen LogP contribution in [-0.4, -0.2) is 64.9 Å². The molecule has 8 nitrogen and oxygen atoms in total. The Morgan fingerprint density at radius 1 is 1.22 bits per heavy atom. The number of nitrogens with one attached hydrogen (secondary N) is 1. The van der Waals surface area contributed by atoms with Gasteiger partial charge in [-0.05, 0) is 0 Å². The van der Waals surface area contributed by atoms with Gasteiger partial charge in [-0.2, -0.15) is 13.2 Å². The molecule has 1 aliphatic heterocycles. The number of carbonyl (C=O) groups is 2. The summed E-state index contributed by atoms with van der Waals surface area (Å²) in [6, 6.07) is -0.390. The fraction of sp³-hybridized carbons (Fsp3) is 0.636. The number of hydrogen-bond donors (Lipinski definition) is 2. The molecule has 2 amide bonds. The molecule has 0 spiro atoms. The van der Waals surface area contributed by atoms with Crippen molar-refractivity contribution < 1.29 is 27.9 Å². The molecule has 1 aromatic rings. The molecule has 1 aliphatic rings. The summed E-state index contributed by atoms with van der Waals surface area (Å²) in [5, 5.41) is 16.8. The lowest BCUT2D eigenvalue weighted by molar-refractivity contribution is -0.138. The highest BCUT2D eigenvalue weighted by molar-refractivity contribution is 7.15. The van der Waals surface area contributed by atoms with Gasteiger partial charge in [0.25, 0.3) is 0 Å². The van der Waals surface area contributed by atoms with Crippen molar-refractivity contribution in [3.8, 4) is 0 Å². The third-order valence-corrected chi connectivity index (χ3v) is 4.14. The first-order chi connectivity index (χ1) is 10.8. The van der Waals surface area contributed by atoms with E-state index in [0.29, 0.717) is 37.5 Å². The maximum atomic E-state index is 12.5. The number of rotatable bonds is 4. The molecule has 0 atom stereocenters. The number of urea groups is 1. The molecule has 2 N–H and O–H groups in total. The molecule has 0 aliphatic carbocycles. The van der Waals surface area contributed by atoms with Crippen LogP contribution in [0.5, 0.6) is 0 Å². The zero-order valence-electron chi connectivity index (χ0n) is 11.8. The molecule has 0 bridgehead atoms. The van der Waals surface area contributed by atoms with E-state index in [1.54, 1.807) is 4.90 Å². The van der Waals surface area contributed by atoms with Gasteiger partial charge in [0.1, 0.15) is 0 Å². The summed E-state index contributed by atoms with van der Waals surface area (Å²) in [4.78, 5) is 25.3. The van der Waals surface area contributed by atoms with Gasteiger partial charge in [0, 0.05) is 32.7 Å². The standard InChI is InChI=1S/C11H14F3N5O3S/c12-11(13,14)8-16-17-10(23-8)19-5-3-18(4-6-19)9(22)15-2-1-7(20)21/h1-6H2,(H,15,22)(H,20,21). The molecule has 1 fully saturated rings. The zero-order chi connectivity index (χ0) is 17.0.